The van der Waals surface area contributed by atoms with Gasteiger partial charge in [0.25, 0.3) is 0 Å². The molecule has 0 unspecified atom stereocenters. The smallest absolute Gasteiger partial charge is 0.248 e. The van der Waals surface area contributed by atoms with E-state index >= 15 is 0 Å². The van der Waals surface area contributed by atoms with E-state index in [1.54, 1.807) is 6.20 Å². The van der Waals surface area contributed by atoms with Gasteiger partial charge in [0.2, 0.25) is 5.88 Å². The number of nitrogens with zero attached hydrogens (tertiary/aromatic N) is 3. The van der Waals surface area contributed by atoms with Crippen LogP contribution in [0.4, 0.5) is 17.2 Å². The third-order valence-electron chi connectivity index (χ3n) is 4.54. The minimum Gasteiger partial charge on any atom is -0.486 e. The van der Waals surface area contributed by atoms with Crippen molar-refractivity contribution in [2.45, 2.75) is 0 Å². The van der Waals surface area contributed by atoms with Gasteiger partial charge in [-0.05, 0) is 30.3 Å². The van der Waals surface area contributed by atoms with Crippen molar-refractivity contribution in [3.8, 4) is 23.1 Å². The molecule has 3 N–H and O–H groups in total. The van der Waals surface area contributed by atoms with Gasteiger partial charge in [-0.2, -0.15) is 4.98 Å². The minimum atomic E-state index is 0.235. The number of anilines is 3. The second-order valence-corrected chi connectivity index (χ2v) is 7.33. The molecule has 0 fully saturated rings. The van der Waals surface area contributed by atoms with Crippen molar-refractivity contribution in [2.24, 2.45) is 0 Å². The molecule has 0 spiro atoms. The zero-order valence-electron chi connectivity index (χ0n) is 15.6. The van der Waals surface area contributed by atoms with E-state index in [1.807, 2.05) is 42.5 Å². The Hall–Kier alpha value is -3.59. The number of halogens is 1. The van der Waals surface area contributed by atoms with E-state index in [9.17, 15) is 0 Å². The highest BCUT2D eigenvalue weighted by Gasteiger charge is 2.16. The van der Waals surface area contributed by atoms with Gasteiger partial charge in [-0.3, -0.25) is 4.98 Å². The number of nitrogens with one attached hydrogen (secondary N) is 1. The minimum absolute atomic E-state index is 0.235. The topological polar surface area (TPSA) is 104 Å². The van der Waals surface area contributed by atoms with Gasteiger partial charge in [-0.25, -0.2) is 4.98 Å². The quantitative estimate of drug-likeness (QED) is 0.447. The van der Waals surface area contributed by atoms with E-state index in [4.69, 9.17) is 19.9 Å². The van der Waals surface area contributed by atoms with Crippen LogP contribution in [0, 0.1) is 0 Å². The molecule has 30 heavy (non-hydrogen) atoms. The Morgan fingerprint density at radius 3 is 2.77 bits per heavy atom. The van der Waals surface area contributed by atoms with Crippen molar-refractivity contribution >= 4 is 44.0 Å². The van der Waals surface area contributed by atoms with Gasteiger partial charge in [0, 0.05) is 27.8 Å². The third-order valence-corrected chi connectivity index (χ3v) is 5.23. The fourth-order valence-corrected chi connectivity index (χ4v) is 3.57. The predicted molar refractivity (Wildman–Crippen MR) is 117 cm³/mol. The maximum atomic E-state index is 6.29. The molecular formula is C21H16BrN5O3. The van der Waals surface area contributed by atoms with E-state index in [0.29, 0.717) is 41.8 Å². The molecule has 0 saturated carbocycles. The number of ether oxygens (including phenoxy) is 3. The Bertz CT molecular complexity index is 1250. The van der Waals surface area contributed by atoms with Crippen LogP contribution in [0.1, 0.15) is 0 Å². The largest absolute Gasteiger partial charge is 0.486 e. The maximum Gasteiger partial charge on any atom is 0.248 e. The second-order valence-electron chi connectivity index (χ2n) is 6.47. The Labute approximate surface area is 180 Å². The molecule has 150 valence electrons. The van der Waals surface area contributed by atoms with Gasteiger partial charge < -0.3 is 25.3 Å². The first kappa shape index (κ1) is 18.4. The summed E-state index contributed by atoms with van der Waals surface area (Å²) >= 11 is 3.53. The first-order chi connectivity index (χ1) is 14.7. The summed E-state index contributed by atoms with van der Waals surface area (Å²) in [6, 6.07) is 13.1. The zero-order chi connectivity index (χ0) is 20.5. The predicted octanol–water partition coefficient (Wildman–Crippen LogP) is 4.68. The molecule has 0 bridgehead atoms. The Morgan fingerprint density at radius 1 is 1.00 bits per heavy atom. The van der Waals surface area contributed by atoms with Crippen LogP contribution in [0.15, 0.2) is 59.5 Å². The summed E-state index contributed by atoms with van der Waals surface area (Å²) in [5.41, 5.74) is 8.03. The molecule has 8 nitrogen and oxygen atoms in total. The van der Waals surface area contributed by atoms with Gasteiger partial charge in [-0.15, -0.1) is 0 Å². The molecule has 0 amide bonds. The summed E-state index contributed by atoms with van der Waals surface area (Å²) in [6.45, 7) is 1.05. The highest BCUT2D eigenvalue weighted by molar-refractivity contribution is 9.10. The summed E-state index contributed by atoms with van der Waals surface area (Å²) < 4.78 is 18.1. The lowest BCUT2D eigenvalue weighted by atomic mass is 10.2. The SMILES string of the molecule is Nc1c(Nc2ccc3c(c2)OCCO3)ncnc1Oc1ccc(Br)c2cccnc12. The summed E-state index contributed by atoms with van der Waals surface area (Å²) in [5, 5.41) is 4.11. The van der Waals surface area contributed by atoms with Crippen molar-refractivity contribution in [3.63, 3.8) is 0 Å². The molecule has 4 aromatic rings. The molecule has 2 aromatic heterocycles. The van der Waals surface area contributed by atoms with Crippen molar-refractivity contribution in [2.75, 3.05) is 24.3 Å². The van der Waals surface area contributed by atoms with Crippen molar-refractivity contribution in [1.29, 1.82) is 0 Å². The van der Waals surface area contributed by atoms with E-state index < -0.39 is 0 Å². The average molecular weight is 466 g/mol. The molecule has 0 radical (unpaired) electrons. The molecule has 2 aromatic carbocycles. The number of rotatable bonds is 4. The van der Waals surface area contributed by atoms with Crippen LogP contribution in [0.2, 0.25) is 0 Å². The lowest BCUT2D eigenvalue weighted by Crippen LogP contribution is -2.15. The van der Waals surface area contributed by atoms with Gasteiger partial charge in [0.05, 0.1) is 0 Å². The molecule has 9 heteroatoms. The van der Waals surface area contributed by atoms with Crippen LogP contribution in [-0.4, -0.2) is 28.2 Å². The lowest BCUT2D eigenvalue weighted by molar-refractivity contribution is 0.171. The number of fused-ring (bicyclic) bond motifs is 2. The van der Waals surface area contributed by atoms with E-state index in [2.05, 4.69) is 36.2 Å². The zero-order valence-corrected chi connectivity index (χ0v) is 17.2. The first-order valence-corrected chi connectivity index (χ1v) is 9.96. The monoisotopic (exact) mass is 465 g/mol. The Balaban J connectivity index is 1.45. The highest BCUT2D eigenvalue weighted by Crippen LogP contribution is 2.37. The van der Waals surface area contributed by atoms with Crippen LogP contribution < -0.4 is 25.3 Å². The Kier molecular flexibility index (Phi) is 4.72. The highest BCUT2D eigenvalue weighted by atomic mass is 79.9. The van der Waals surface area contributed by atoms with Gasteiger partial charge >= 0.3 is 0 Å². The van der Waals surface area contributed by atoms with Crippen LogP contribution in [-0.2, 0) is 0 Å². The summed E-state index contributed by atoms with van der Waals surface area (Å²) in [7, 11) is 0. The normalized spacial score (nSPS) is 12.6. The maximum absolute atomic E-state index is 6.29. The lowest BCUT2D eigenvalue weighted by Gasteiger charge is -2.19. The van der Waals surface area contributed by atoms with Crippen molar-refractivity contribution in [3.05, 3.63) is 59.5 Å². The molecule has 0 atom stereocenters. The third kappa shape index (κ3) is 3.43. The van der Waals surface area contributed by atoms with Crippen LogP contribution >= 0.6 is 15.9 Å². The molecule has 0 aliphatic carbocycles. The van der Waals surface area contributed by atoms with Crippen molar-refractivity contribution < 1.29 is 14.2 Å². The Morgan fingerprint density at radius 2 is 1.87 bits per heavy atom. The number of benzene rings is 2. The molecule has 5 rings (SSSR count). The number of nitrogen functional groups attached to an aromatic ring is 1. The number of hydrogen-bond donors (Lipinski definition) is 2. The number of pyridine rings is 1. The van der Waals surface area contributed by atoms with E-state index in [0.717, 1.165) is 15.5 Å². The standard InChI is InChI=1S/C21H16BrN5O3/c22-14-4-6-16(19-13(14)2-1-7-24-19)30-21-18(23)20(25-11-26-21)27-12-3-5-15-17(10-12)29-9-8-28-15/h1-7,10-11H,8-9,23H2,(H,25,26,27). The molecule has 1 aliphatic heterocycles. The first-order valence-electron chi connectivity index (χ1n) is 9.17. The molecular weight excluding hydrogens is 450 g/mol. The molecule has 0 saturated heterocycles. The van der Waals surface area contributed by atoms with Crippen LogP contribution in [0.25, 0.3) is 10.9 Å². The summed E-state index contributed by atoms with van der Waals surface area (Å²) in [5.74, 6) is 2.58. The summed E-state index contributed by atoms with van der Waals surface area (Å²) in [6.07, 6.45) is 3.10. The fraction of sp³-hybridized carbons (Fsp3) is 0.0952. The molecule has 3 heterocycles. The summed E-state index contributed by atoms with van der Waals surface area (Å²) in [4.78, 5) is 12.9. The van der Waals surface area contributed by atoms with E-state index in [1.165, 1.54) is 6.33 Å². The second kappa shape index (κ2) is 7.68. The van der Waals surface area contributed by atoms with E-state index in [-0.39, 0.29) is 11.6 Å². The fourth-order valence-electron chi connectivity index (χ4n) is 3.12. The number of aromatic nitrogens is 3. The van der Waals surface area contributed by atoms with Gasteiger partial charge in [0.1, 0.15) is 30.7 Å². The van der Waals surface area contributed by atoms with Crippen molar-refractivity contribution in [1.82, 2.24) is 15.0 Å². The van der Waals surface area contributed by atoms with Gasteiger partial charge in [0.15, 0.2) is 23.1 Å². The van der Waals surface area contributed by atoms with Crippen LogP contribution in [0.3, 0.4) is 0 Å². The molecule has 1 aliphatic rings. The average Bonchev–Trinajstić information content (AvgIpc) is 2.78. The number of hydrogen-bond acceptors (Lipinski definition) is 8. The van der Waals surface area contributed by atoms with Crippen LogP contribution in [0.5, 0.6) is 23.1 Å². The number of nitrogens with two attached hydrogens (primary N) is 1. The van der Waals surface area contributed by atoms with Gasteiger partial charge in [-0.1, -0.05) is 22.0 Å².